The smallest absolute Gasteiger partial charge is 0.290 e. The molecule has 14 heteroatoms. The molecular weight excluding hydrogens is 508 g/mol. The van der Waals surface area contributed by atoms with E-state index >= 15 is 0 Å². The molecule has 0 fully saturated rings. The summed E-state index contributed by atoms with van der Waals surface area (Å²) in [5.41, 5.74) is -0.309. The quantitative estimate of drug-likeness (QED) is 0.285. The molecule has 0 radical (unpaired) electrons. The summed E-state index contributed by atoms with van der Waals surface area (Å²) >= 11 is 0. The molecule has 1 aliphatic rings. The normalized spacial score (nSPS) is 12.4. The van der Waals surface area contributed by atoms with Crippen molar-refractivity contribution in [3.8, 4) is 5.75 Å². The van der Waals surface area contributed by atoms with Gasteiger partial charge >= 0.3 is 0 Å². The van der Waals surface area contributed by atoms with E-state index in [1.165, 1.54) is 21.8 Å². The van der Waals surface area contributed by atoms with Crippen LogP contribution < -0.4 is 16.6 Å². The lowest BCUT2D eigenvalue weighted by atomic mass is 10.0. The van der Waals surface area contributed by atoms with E-state index in [9.17, 15) is 23.5 Å². The first-order valence-corrected chi connectivity index (χ1v) is 11.2. The number of fused-ring (bicyclic) bond motifs is 1. The Morgan fingerprint density at radius 1 is 1.21 bits per heavy atom. The van der Waals surface area contributed by atoms with Gasteiger partial charge in [0, 0.05) is 43.5 Å². The van der Waals surface area contributed by atoms with Crippen molar-refractivity contribution < 1.29 is 37.8 Å². The third-order valence-corrected chi connectivity index (χ3v) is 5.49. The van der Waals surface area contributed by atoms with E-state index in [-0.39, 0.29) is 62.2 Å². The first-order chi connectivity index (χ1) is 17.7. The van der Waals surface area contributed by atoms with Crippen molar-refractivity contribution in [2.24, 2.45) is 0 Å². The molecular formula is C24H29F2N5O7. The average molecular weight is 538 g/mol. The maximum atomic E-state index is 14.2. The summed E-state index contributed by atoms with van der Waals surface area (Å²) < 4.78 is 39.4. The zero-order valence-corrected chi connectivity index (χ0v) is 20.9. The number of aryl methyl sites for hydroxylation is 1. The number of carbonyl (C=O) groups excluding carboxylic acids is 1. The fourth-order valence-corrected chi connectivity index (χ4v) is 3.83. The van der Waals surface area contributed by atoms with Crippen molar-refractivity contribution in [2.45, 2.75) is 26.8 Å². The molecule has 1 aliphatic heterocycles. The summed E-state index contributed by atoms with van der Waals surface area (Å²) in [5.74, 6) is -2.23. The summed E-state index contributed by atoms with van der Waals surface area (Å²) in [6, 6.07) is 4.79. The third kappa shape index (κ3) is 6.72. The SMILES string of the molecule is CCOCCN1CN(Cc2cc(C)on2)n2cc(Cc3ccc(F)cc3F)c(=O)c(O)c2C1=O.N.O=CO. The number of hydrogen-bond donors (Lipinski definition) is 3. The topological polar surface area (TPSA) is 173 Å². The monoisotopic (exact) mass is 537 g/mol. The molecule has 1 aromatic carbocycles. The van der Waals surface area contributed by atoms with E-state index in [1.54, 1.807) is 18.0 Å². The molecule has 0 spiro atoms. The second-order valence-electron chi connectivity index (χ2n) is 8.04. The molecule has 3 heterocycles. The van der Waals surface area contributed by atoms with Crippen LogP contribution in [0.4, 0.5) is 8.78 Å². The molecule has 2 aromatic heterocycles. The second kappa shape index (κ2) is 13.3. The number of hydrogen-bond acceptors (Lipinski definition) is 9. The van der Waals surface area contributed by atoms with Crippen LogP contribution in [-0.4, -0.2) is 63.8 Å². The Hall–Kier alpha value is -4.30. The molecule has 0 aliphatic carbocycles. The largest absolute Gasteiger partial charge is 0.502 e. The fraction of sp³-hybridized carbons (Fsp3) is 0.333. The number of aromatic hydroxyl groups is 1. The lowest BCUT2D eigenvalue weighted by molar-refractivity contribution is -0.122. The van der Waals surface area contributed by atoms with Gasteiger partial charge in [-0.3, -0.25) is 24.1 Å². The third-order valence-electron chi connectivity index (χ3n) is 5.49. The van der Waals surface area contributed by atoms with Gasteiger partial charge in [0.2, 0.25) is 5.43 Å². The number of nitrogens with zero attached hydrogens (tertiary/aromatic N) is 4. The van der Waals surface area contributed by atoms with Gasteiger partial charge in [0.1, 0.15) is 29.8 Å². The predicted octanol–water partition coefficient (Wildman–Crippen LogP) is 2.17. The first kappa shape index (κ1) is 29.9. The lowest BCUT2D eigenvalue weighted by Gasteiger charge is -2.39. The van der Waals surface area contributed by atoms with Gasteiger partial charge in [-0.2, -0.15) is 0 Å². The van der Waals surface area contributed by atoms with Crippen LogP contribution >= 0.6 is 0 Å². The highest BCUT2D eigenvalue weighted by atomic mass is 19.1. The van der Waals surface area contributed by atoms with Gasteiger partial charge in [-0.1, -0.05) is 11.2 Å². The molecule has 3 aromatic rings. The summed E-state index contributed by atoms with van der Waals surface area (Å²) in [4.78, 5) is 35.9. The van der Waals surface area contributed by atoms with Crippen molar-refractivity contribution in [2.75, 3.05) is 31.4 Å². The molecule has 12 nitrogen and oxygen atoms in total. The number of ether oxygens (including phenoxy) is 1. The Morgan fingerprint density at radius 3 is 2.53 bits per heavy atom. The molecule has 206 valence electrons. The van der Waals surface area contributed by atoms with Crippen LogP contribution in [0.15, 0.2) is 39.8 Å². The van der Waals surface area contributed by atoms with Gasteiger partial charge in [0.05, 0.1) is 13.2 Å². The molecule has 0 saturated heterocycles. The maximum absolute atomic E-state index is 14.2. The van der Waals surface area contributed by atoms with Gasteiger partial charge in [-0.15, -0.1) is 0 Å². The highest BCUT2D eigenvalue weighted by Gasteiger charge is 2.33. The van der Waals surface area contributed by atoms with Crippen LogP contribution in [0.5, 0.6) is 5.75 Å². The fourth-order valence-electron chi connectivity index (χ4n) is 3.83. The Balaban J connectivity index is 0.00000121. The lowest BCUT2D eigenvalue weighted by Crippen LogP contribution is -2.54. The number of aromatic nitrogens is 2. The van der Waals surface area contributed by atoms with Crippen LogP contribution in [0.2, 0.25) is 0 Å². The minimum absolute atomic E-state index is 0. The Kier molecular flexibility index (Phi) is 10.5. The number of pyridine rings is 1. The highest BCUT2D eigenvalue weighted by Crippen LogP contribution is 2.24. The van der Waals surface area contributed by atoms with Crippen molar-refractivity contribution in [3.05, 3.63) is 80.6 Å². The zero-order chi connectivity index (χ0) is 27.1. The van der Waals surface area contributed by atoms with Gasteiger partial charge in [0.25, 0.3) is 12.4 Å². The van der Waals surface area contributed by atoms with Crippen molar-refractivity contribution >= 4 is 12.4 Å². The molecule has 0 atom stereocenters. The van der Waals surface area contributed by atoms with Crippen LogP contribution in [-0.2, 0) is 22.5 Å². The van der Waals surface area contributed by atoms with Crippen LogP contribution in [0.1, 0.15) is 40.0 Å². The highest BCUT2D eigenvalue weighted by molar-refractivity contribution is 5.96. The van der Waals surface area contributed by atoms with Crippen molar-refractivity contribution in [3.63, 3.8) is 0 Å². The summed E-state index contributed by atoms with van der Waals surface area (Å²) in [6.07, 6.45) is 1.20. The Bertz CT molecular complexity index is 1330. The van der Waals surface area contributed by atoms with E-state index in [1.807, 2.05) is 6.92 Å². The summed E-state index contributed by atoms with van der Waals surface area (Å²) in [6.45, 7) is 4.67. The number of benzene rings is 1. The summed E-state index contributed by atoms with van der Waals surface area (Å²) in [5, 5.41) is 23.3. The molecule has 1 amide bonds. The van der Waals surface area contributed by atoms with Gasteiger partial charge < -0.3 is 30.5 Å². The minimum atomic E-state index is -0.810. The van der Waals surface area contributed by atoms with E-state index in [0.29, 0.717) is 18.1 Å². The van der Waals surface area contributed by atoms with Crippen LogP contribution in [0, 0.1) is 18.6 Å². The van der Waals surface area contributed by atoms with Crippen LogP contribution in [0.25, 0.3) is 0 Å². The predicted molar refractivity (Wildman–Crippen MR) is 131 cm³/mol. The second-order valence-corrected chi connectivity index (χ2v) is 8.04. The zero-order valence-electron chi connectivity index (χ0n) is 20.9. The van der Waals surface area contributed by atoms with Gasteiger partial charge in [0.15, 0.2) is 11.4 Å². The van der Waals surface area contributed by atoms with E-state index in [0.717, 1.165) is 12.1 Å². The van der Waals surface area contributed by atoms with Gasteiger partial charge in [-0.25, -0.2) is 8.78 Å². The number of amides is 1. The molecule has 5 N–H and O–H groups in total. The van der Waals surface area contributed by atoms with Gasteiger partial charge in [-0.05, 0) is 25.5 Å². The molecule has 0 saturated carbocycles. The Labute approximate surface area is 216 Å². The van der Waals surface area contributed by atoms with Crippen molar-refractivity contribution in [1.29, 1.82) is 0 Å². The first-order valence-electron chi connectivity index (χ1n) is 11.2. The number of carbonyl (C=O) groups is 2. The molecule has 0 unspecified atom stereocenters. The Morgan fingerprint density at radius 2 is 1.92 bits per heavy atom. The van der Waals surface area contributed by atoms with E-state index in [4.69, 9.17) is 19.2 Å². The standard InChI is InChI=1S/C23H24F2N4O5.CH2O2.H3N/c1-3-33-7-6-27-13-28(12-18-8-14(2)34-26-18)29-11-16(21(30)22(31)20(29)23(27)32)9-15-4-5-17(24)10-19(15)25;2-1-3;/h4-5,8,10-11,31H,3,6-7,9,12-13H2,1-2H3;1H,(H,2,3);1H3. The number of halogens is 2. The number of carboxylic acid groups (broad SMARTS) is 1. The minimum Gasteiger partial charge on any atom is -0.502 e. The number of rotatable bonds is 8. The molecule has 0 bridgehead atoms. The van der Waals surface area contributed by atoms with E-state index < -0.39 is 28.7 Å². The van der Waals surface area contributed by atoms with Crippen molar-refractivity contribution in [1.82, 2.24) is 20.9 Å². The molecule has 4 rings (SSSR count). The summed E-state index contributed by atoms with van der Waals surface area (Å²) in [7, 11) is 0. The maximum Gasteiger partial charge on any atom is 0.290 e. The average Bonchev–Trinajstić information content (AvgIpc) is 3.26. The van der Waals surface area contributed by atoms with Crippen LogP contribution in [0.3, 0.4) is 0 Å². The molecule has 38 heavy (non-hydrogen) atoms. The van der Waals surface area contributed by atoms with E-state index in [2.05, 4.69) is 5.16 Å².